The first-order valence-electron chi connectivity index (χ1n) is 27.3. The van der Waals surface area contributed by atoms with E-state index in [0.717, 1.165) is 27.3 Å². The molecule has 0 unspecified atom stereocenters. The summed E-state index contributed by atoms with van der Waals surface area (Å²) in [4.78, 5) is 93.1. The highest BCUT2D eigenvalue weighted by atomic mass is 19.4. The molecule has 6 rings (SSSR count). The third-order valence-electron chi connectivity index (χ3n) is 13.8. The summed E-state index contributed by atoms with van der Waals surface area (Å²) in [6.45, 7) is 22.8. The molecule has 6 aromatic rings. The number of benzene rings is 6. The number of hydrogen-bond acceptors (Lipinski definition) is 15. The molecule has 6 amide bonds. The van der Waals surface area contributed by atoms with Gasteiger partial charge in [0, 0.05) is 16.5 Å². The zero-order chi connectivity index (χ0) is 63.2. The molecule has 0 saturated heterocycles. The van der Waals surface area contributed by atoms with Crippen LogP contribution < -0.4 is 24.2 Å². The van der Waals surface area contributed by atoms with Crippen molar-refractivity contribution >= 4 is 81.9 Å². The summed E-state index contributed by atoms with van der Waals surface area (Å²) < 4.78 is 74.2. The third-order valence-corrected chi connectivity index (χ3v) is 13.8. The van der Waals surface area contributed by atoms with Gasteiger partial charge >= 0.3 is 30.6 Å². The van der Waals surface area contributed by atoms with Gasteiger partial charge in [0.1, 0.15) is 39.5 Å². The Morgan fingerprint density at radius 2 is 1.04 bits per heavy atom. The molecule has 6 aromatic carbocycles. The van der Waals surface area contributed by atoms with Crippen molar-refractivity contribution in [3.05, 3.63) is 150 Å². The molecule has 0 aliphatic rings. The smallest absolute Gasteiger partial charge is 0.494 e. The van der Waals surface area contributed by atoms with Crippen LogP contribution in [0.5, 0.6) is 11.5 Å². The topological polar surface area (TPSA) is 209 Å². The van der Waals surface area contributed by atoms with E-state index in [4.69, 9.17) is 28.4 Å². The highest BCUT2D eigenvalue weighted by Crippen LogP contribution is 2.42. The number of carbonyl (C=O) groups excluding carboxylic acids is 7. The summed E-state index contributed by atoms with van der Waals surface area (Å²) in [6.07, 6.45) is -6.12. The molecule has 0 heterocycles. The molecular weight excluding hydrogens is 1100 g/mol. The highest BCUT2D eigenvalue weighted by molar-refractivity contribution is 6.20. The number of aryl methyl sites for hydroxylation is 1. The lowest BCUT2D eigenvalue weighted by Gasteiger charge is -2.29. The lowest BCUT2D eigenvalue weighted by molar-refractivity contribution is -0.137. The number of alkyl halides is 3. The third kappa shape index (κ3) is 17.7. The fraction of sp³-hybridized carbons (Fsp3) is 0.359. The number of nitrogens with zero attached hydrogens (tertiary/aromatic N) is 5. The number of rotatable bonds is 18. The van der Waals surface area contributed by atoms with Crippen LogP contribution in [0.3, 0.4) is 0 Å². The summed E-state index contributed by atoms with van der Waals surface area (Å²) in [5, 5.41) is 10.2. The maximum atomic E-state index is 14.0. The predicted octanol–water partition coefficient (Wildman–Crippen LogP) is 17.2. The number of anilines is 3. The van der Waals surface area contributed by atoms with Crippen molar-refractivity contribution in [2.24, 2.45) is 10.2 Å². The fourth-order valence-corrected chi connectivity index (χ4v) is 7.39. The number of amides is 6. The number of halogens is 3. The van der Waals surface area contributed by atoms with E-state index >= 15 is 0 Å². The molecule has 0 aliphatic carbocycles. The number of ether oxygens (including phenoxy) is 6. The van der Waals surface area contributed by atoms with E-state index in [0.29, 0.717) is 59.6 Å². The van der Waals surface area contributed by atoms with Gasteiger partial charge < -0.3 is 28.4 Å². The van der Waals surface area contributed by atoms with Gasteiger partial charge in [-0.15, -0.1) is 10.2 Å². The highest BCUT2D eigenvalue weighted by Gasteiger charge is 2.36. The number of azo groups is 1. The van der Waals surface area contributed by atoms with Crippen molar-refractivity contribution in [1.29, 1.82) is 0 Å². The molecule has 0 bridgehead atoms. The molecule has 85 heavy (non-hydrogen) atoms. The predicted molar refractivity (Wildman–Crippen MR) is 316 cm³/mol. The van der Waals surface area contributed by atoms with Crippen LogP contribution in [0.15, 0.2) is 138 Å². The molecular formula is C64H72F3N5O13. The zero-order valence-electron chi connectivity index (χ0n) is 50.2. The average molecular weight is 1180 g/mol. The number of hydrogen-bond donors (Lipinski definition) is 0. The normalized spacial score (nSPS) is 11.8. The molecule has 0 N–H and O–H groups in total. The Kier molecular flexibility index (Phi) is 21.9. The van der Waals surface area contributed by atoms with Crippen LogP contribution >= 0.6 is 0 Å². The quantitative estimate of drug-likeness (QED) is 0.0258. The minimum absolute atomic E-state index is 0.0285. The van der Waals surface area contributed by atoms with Gasteiger partial charge in [-0.25, -0.2) is 33.9 Å². The van der Waals surface area contributed by atoms with Gasteiger partial charge in [0.15, 0.2) is 5.75 Å². The van der Waals surface area contributed by atoms with Crippen molar-refractivity contribution < 1.29 is 75.2 Å². The van der Waals surface area contributed by atoms with Gasteiger partial charge in [-0.3, -0.25) is 14.4 Å². The van der Waals surface area contributed by atoms with Crippen LogP contribution in [0.2, 0.25) is 0 Å². The number of fused-ring (bicyclic) bond motifs is 1. The lowest BCUT2D eigenvalue weighted by Crippen LogP contribution is -2.42. The van der Waals surface area contributed by atoms with E-state index in [-0.39, 0.29) is 45.5 Å². The van der Waals surface area contributed by atoms with Crippen molar-refractivity contribution in [3.8, 4) is 11.5 Å². The number of carbonyl (C=O) groups is 7. The largest absolute Gasteiger partial charge is 0.514 e. The molecule has 0 aliphatic heterocycles. The van der Waals surface area contributed by atoms with Gasteiger partial charge in [0.25, 0.3) is 11.8 Å². The Hall–Kier alpha value is -9.14. The van der Waals surface area contributed by atoms with E-state index in [2.05, 4.69) is 10.2 Å². The molecule has 452 valence electrons. The van der Waals surface area contributed by atoms with E-state index in [9.17, 15) is 46.7 Å². The van der Waals surface area contributed by atoms with Crippen molar-refractivity contribution in [3.63, 3.8) is 0 Å². The summed E-state index contributed by atoms with van der Waals surface area (Å²) in [7, 11) is 1.37. The van der Waals surface area contributed by atoms with Gasteiger partial charge in [-0.2, -0.15) is 13.2 Å². The molecule has 0 atom stereocenters. The Morgan fingerprint density at radius 3 is 1.58 bits per heavy atom. The van der Waals surface area contributed by atoms with E-state index in [1.165, 1.54) is 55.6 Å². The van der Waals surface area contributed by atoms with Crippen LogP contribution in [0.1, 0.15) is 141 Å². The molecule has 21 heteroatoms. The minimum Gasteiger partial charge on any atom is -0.494 e. The number of imide groups is 3. The molecule has 0 fully saturated rings. The SMILES string of the molecule is CCC(C)(C)OC(=O)N(C=O)c1ccc(N(C(=O)OC(C)(C)CC)C(=O)c2ccccc2)cc1.CCC(C)(C)OC(=O)Oc1c(C)cc2ccccc2c1N=Nc1cc(C(=O)N(C(=O)OC(C)(C)CC)c2cccc(C(F)(F)F)c2)ccc1OC. The Morgan fingerprint density at radius 1 is 0.529 bits per heavy atom. The summed E-state index contributed by atoms with van der Waals surface area (Å²) >= 11 is 0. The van der Waals surface area contributed by atoms with Gasteiger partial charge in [0.05, 0.1) is 29.7 Å². The monoisotopic (exact) mass is 1180 g/mol. The minimum atomic E-state index is -4.74. The molecule has 0 spiro atoms. The maximum Gasteiger partial charge on any atom is 0.514 e. The van der Waals surface area contributed by atoms with Crippen LogP contribution in [0, 0.1) is 6.92 Å². The summed E-state index contributed by atoms with van der Waals surface area (Å²) in [5.74, 6) is -1.28. The molecule has 0 saturated carbocycles. The maximum absolute atomic E-state index is 14.0. The van der Waals surface area contributed by atoms with E-state index < -0.39 is 70.4 Å². The van der Waals surface area contributed by atoms with Gasteiger partial charge in [-0.1, -0.05) is 76.2 Å². The Balaban J connectivity index is 0.000000337. The zero-order valence-corrected chi connectivity index (χ0v) is 50.2. The number of methoxy groups -OCH3 is 1. The molecule has 0 radical (unpaired) electrons. The first kappa shape index (κ1) is 66.7. The second kappa shape index (κ2) is 28.0. The Labute approximate surface area is 492 Å². The first-order valence-corrected chi connectivity index (χ1v) is 27.3. The van der Waals surface area contributed by atoms with Crippen molar-refractivity contribution in [2.75, 3.05) is 21.8 Å². The van der Waals surface area contributed by atoms with Gasteiger partial charge in [0.2, 0.25) is 6.41 Å². The summed E-state index contributed by atoms with van der Waals surface area (Å²) in [6, 6.07) is 31.1. The second-order valence-electron chi connectivity index (χ2n) is 21.9. The van der Waals surface area contributed by atoms with Crippen molar-refractivity contribution in [1.82, 2.24) is 0 Å². The van der Waals surface area contributed by atoms with Crippen LogP contribution in [0.25, 0.3) is 10.8 Å². The lowest BCUT2D eigenvalue weighted by atomic mass is 10.0. The average Bonchev–Trinajstić information content (AvgIpc) is 2.85. The fourth-order valence-electron chi connectivity index (χ4n) is 7.39. The van der Waals surface area contributed by atoms with Crippen LogP contribution in [0.4, 0.5) is 60.8 Å². The molecule has 0 aromatic heterocycles. The van der Waals surface area contributed by atoms with E-state index in [1.54, 1.807) is 112 Å². The first-order chi connectivity index (χ1) is 39.8. The molecule has 18 nitrogen and oxygen atoms in total. The summed E-state index contributed by atoms with van der Waals surface area (Å²) in [5.41, 5.74) is -3.36. The second-order valence-corrected chi connectivity index (χ2v) is 21.9. The Bertz CT molecular complexity index is 3420. The van der Waals surface area contributed by atoms with Crippen LogP contribution in [-0.2, 0) is 29.9 Å². The van der Waals surface area contributed by atoms with E-state index in [1.807, 2.05) is 39.0 Å². The van der Waals surface area contributed by atoms with Gasteiger partial charge in [-0.05, 0) is 178 Å². The van der Waals surface area contributed by atoms with Crippen LogP contribution in [-0.4, -0.2) is 72.2 Å². The standard InChI is InChI=1S/C38H40F3N3O7.C26H32N2O6/c1-9-36(4,5)50-34(46)44(27-16-13-15-26(22-27)38(39,40)41)33(45)25-18-19-30(48-8)29(21-25)42-43-31-28-17-12-11-14-24(28)20-23(3)32(31)49-35(47)51-37(6,7)10-2;1-7-25(3,4)33-23(31)27(18-29)20-14-16-21(17-15-20)28(24(32)34-26(5,6)8-2)22(30)19-12-10-9-11-13-19/h11-22H,9-10H2,1-8H3;9-18H,7-8H2,1-6H3. The van der Waals surface area contributed by atoms with Crippen molar-refractivity contribution in [2.45, 2.75) is 144 Å².